The van der Waals surface area contributed by atoms with Gasteiger partial charge in [-0.2, -0.15) is 12.6 Å². The molecular formula is C11H24S2. The van der Waals surface area contributed by atoms with Crippen LogP contribution in [0.4, 0.5) is 0 Å². The molecule has 13 heavy (non-hydrogen) atoms. The van der Waals surface area contributed by atoms with Crippen molar-refractivity contribution >= 4 is 24.4 Å². The van der Waals surface area contributed by atoms with Crippen molar-refractivity contribution in [1.82, 2.24) is 0 Å². The molecule has 0 aromatic carbocycles. The Bertz CT molecular complexity index is 94.1. The molecular weight excluding hydrogens is 196 g/mol. The number of unbranched alkanes of at least 4 members (excludes halogenated alkanes) is 4. The molecule has 0 aromatic heterocycles. The highest BCUT2D eigenvalue weighted by atomic mass is 32.2. The highest BCUT2D eigenvalue weighted by Crippen LogP contribution is 2.22. The maximum Gasteiger partial charge on any atom is 0.0472 e. The first-order valence-corrected chi connectivity index (χ1v) is 7.17. The van der Waals surface area contributed by atoms with E-state index in [1.165, 1.54) is 50.7 Å². The van der Waals surface area contributed by atoms with E-state index in [2.05, 4.69) is 26.5 Å². The van der Waals surface area contributed by atoms with Crippen molar-refractivity contribution < 1.29 is 0 Å². The van der Waals surface area contributed by atoms with Crippen molar-refractivity contribution in [1.29, 1.82) is 0 Å². The second-order valence-corrected chi connectivity index (χ2v) is 5.81. The first-order chi connectivity index (χ1) is 6.31. The van der Waals surface area contributed by atoms with Crippen LogP contribution >= 0.6 is 24.4 Å². The molecule has 0 heterocycles. The molecule has 0 rings (SSSR count). The van der Waals surface area contributed by atoms with E-state index in [0.717, 1.165) is 0 Å². The van der Waals surface area contributed by atoms with Crippen LogP contribution in [0.5, 0.6) is 0 Å². The van der Waals surface area contributed by atoms with Crippen LogP contribution in [-0.4, -0.2) is 10.3 Å². The lowest BCUT2D eigenvalue weighted by atomic mass is 10.2. The summed E-state index contributed by atoms with van der Waals surface area (Å²) in [7, 11) is 0. The molecule has 1 atom stereocenters. The summed E-state index contributed by atoms with van der Waals surface area (Å²) in [5.74, 6) is 1.30. The van der Waals surface area contributed by atoms with Crippen LogP contribution in [0.1, 0.15) is 58.8 Å². The van der Waals surface area contributed by atoms with Crippen LogP contribution in [0.2, 0.25) is 0 Å². The van der Waals surface area contributed by atoms with Crippen molar-refractivity contribution in [3.63, 3.8) is 0 Å². The molecule has 0 radical (unpaired) electrons. The lowest BCUT2D eigenvalue weighted by Crippen LogP contribution is -1.94. The van der Waals surface area contributed by atoms with E-state index in [9.17, 15) is 0 Å². The Hall–Kier alpha value is 0.700. The van der Waals surface area contributed by atoms with Crippen LogP contribution in [0.15, 0.2) is 0 Å². The van der Waals surface area contributed by atoms with Crippen molar-refractivity contribution in [2.24, 2.45) is 0 Å². The Morgan fingerprint density at radius 3 is 2.23 bits per heavy atom. The smallest absolute Gasteiger partial charge is 0.0472 e. The average molecular weight is 220 g/mol. The average Bonchev–Trinajstić information content (AvgIpc) is 2.13. The van der Waals surface area contributed by atoms with Gasteiger partial charge in [-0.3, -0.25) is 0 Å². The Kier molecular flexibility index (Phi) is 11.4. The Balaban J connectivity index is 3.05. The zero-order chi connectivity index (χ0) is 9.94. The predicted molar refractivity (Wildman–Crippen MR) is 68.9 cm³/mol. The molecule has 0 aliphatic carbocycles. The summed E-state index contributed by atoms with van der Waals surface area (Å²) in [6, 6.07) is 0. The largest absolute Gasteiger partial charge is 0.165 e. The molecule has 0 N–H and O–H groups in total. The minimum absolute atomic E-state index is 0.586. The van der Waals surface area contributed by atoms with E-state index >= 15 is 0 Å². The molecule has 0 bridgehead atoms. The van der Waals surface area contributed by atoms with E-state index in [4.69, 9.17) is 0 Å². The van der Waals surface area contributed by atoms with Crippen molar-refractivity contribution in [3.8, 4) is 0 Å². The highest BCUT2D eigenvalue weighted by molar-refractivity contribution is 8.10. The topological polar surface area (TPSA) is 0 Å². The lowest BCUT2D eigenvalue weighted by Gasteiger charge is -2.09. The first-order valence-electron chi connectivity index (χ1n) is 5.61. The van der Waals surface area contributed by atoms with E-state index in [1.54, 1.807) is 0 Å². The van der Waals surface area contributed by atoms with E-state index in [1.807, 2.05) is 11.8 Å². The zero-order valence-electron chi connectivity index (χ0n) is 9.09. The maximum atomic E-state index is 4.57. The molecule has 0 aliphatic heterocycles. The maximum absolute atomic E-state index is 4.57. The molecule has 0 aliphatic rings. The van der Waals surface area contributed by atoms with Gasteiger partial charge in [0, 0.05) is 4.58 Å². The van der Waals surface area contributed by atoms with Gasteiger partial charge in [0.1, 0.15) is 0 Å². The highest BCUT2D eigenvalue weighted by Gasteiger charge is 2.01. The van der Waals surface area contributed by atoms with Gasteiger partial charge >= 0.3 is 0 Å². The van der Waals surface area contributed by atoms with Gasteiger partial charge in [-0.25, -0.2) is 0 Å². The van der Waals surface area contributed by atoms with Crippen LogP contribution in [-0.2, 0) is 0 Å². The third-order valence-electron chi connectivity index (χ3n) is 2.11. The summed E-state index contributed by atoms with van der Waals surface area (Å²) in [5, 5.41) is 0. The third-order valence-corrected chi connectivity index (χ3v) is 3.96. The Labute approximate surface area is 93.7 Å². The summed E-state index contributed by atoms with van der Waals surface area (Å²) in [5.41, 5.74) is 0. The second-order valence-electron chi connectivity index (χ2n) is 3.53. The molecule has 0 spiro atoms. The summed E-state index contributed by atoms with van der Waals surface area (Å²) in [6.45, 7) is 4.51. The molecule has 0 fully saturated rings. The van der Waals surface area contributed by atoms with Gasteiger partial charge in [-0.1, -0.05) is 46.0 Å². The normalized spacial score (nSPS) is 13.2. The summed E-state index contributed by atoms with van der Waals surface area (Å²) >= 11 is 6.60. The predicted octanol–water partition coefficient (Wildman–Crippen LogP) is 4.75. The molecule has 0 saturated heterocycles. The van der Waals surface area contributed by atoms with Crippen LogP contribution < -0.4 is 0 Å². The Morgan fingerprint density at radius 2 is 1.62 bits per heavy atom. The standard InChI is InChI=1S/C11H24S2/c1-3-5-7-9-11(12)13-10-8-6-4-2/h11-12H,3-10H2,1-2H3. The van der Waals surface area contributed by atoms with Gasteiger partial charge in [0.05, 0.1) is 0 Å². The Morgan fingerprint density at radius 1 is 1.00 bits per heavy atom. The minimum Gasteiger partial charge on any atom is -0.165 e. The lowest BCUT2D eigenvalue weighted by molar-refractivity contribution is 0.697. The number of rotatable bonds is 9. The van der Waals surface area contributed by atoms with Crippen molar-refractivity contribution in [2.45, 2.75) is 63.4 Å². The molecule has 0 saturated carbocycles. The summed E-state index contributed by atoms with van der Waals surface area (Å²) in [4.78, 5) is 0. The van der Waals surface area contributed by atoms with Gasteiger partial charge in [0.15, 0.2) is 0 Å². The second kappa shape index (κ2) is 10.8. The SMILES string of the molecule is CCCCCSC(S)CCCCC. The fourth-order valence-electron chi connectivity index (χ4n) is 1.22. The van der Waals surface area contributed by atoms with Crippen molar-refractivity contribution in [3.05, 3.63) is 0 Å². The fraction of sp³-hybridized carbons (Fsp3) is 1.00. The molecule has 0 amide bonds. The van der Waals surface area contributed by atoms with Gasteiger partial charge in [-0.15, -0.1) is 11.8 Å². The van der Waals surface area contributed by atoms with Gasteiger partial charge in [0.2, 0.25) is 0 Å². The third kappa shape index (κ3) is 10.6. The van der Waals surface area contributed by atoms with Gasteiger partial charge < -0.3 is 0 Å². The van der Waals surface area contributed by atoms with E-state index in [0.29, 0.717) is 4.58 Å². The van der Waals surface area contributed by atoms with Gasteiger partial charge in [0.25, 0.3) is 0 Å². The number of thioether (sulfide) groups is 1. The van der Waals surface area contributed by atoms with Crippen molar-refractivity contribution in [2.75, 3.05) is 5.75 Å². The van der Waals surface area contributed by atoms with Crippen LogP contribution in [0, 0.1) is 0 Å². The molecule has 2 heteroatoms. The monoisotopic (exact) mass is 220 g/mol. The summed E-state index contributed by atoms with van der Waals surface area (Å²) < 4.78 is 0.586. The molecule has 1 unspecified atom stereocenters. The molecule has 80 valence electrons. The fourth-order valence-corrected chi connectivity index (χ4v) is 2.70. The van der Waals surface area contributed by atoms with Crippen LogP contribution in [0.25, 0.3) is 0 Å². The summed E-state index contributed by atoms with van der Waals surface area (Å²) in [6.07, 6.45) is 9.40. The molecule has 0 nitrogen and oxygen atoms in total. The van der Waals surface area contributed by atoms with E-state index < -0.39 is 0 Å². The van der Waals surface area contributed by atoms with Gasteiger partial charge in [-0.05, 0) is 18.6 Å². The number of hydrogen-bond donors (Lipinski definition) is 1. The van der Waals surface area contributed by atoms with Crippen LogP contribution in [0.3, 0.4) is 0 Å². The molecule has 0 aromatic rings. The van der Waals surface area contributed by atoms with E-state index in [-0.39, 0.29) is 0 Å². The first kappa shape index (κ1) is 13.7. The number of thiol groups is 1. The quantitative estimate of drug-likeness (QED) is 0.332. The minimum atomic E-state index is 0.586. The zero-order valence-corrected chi connectivity index (χ0v) is 10.8. The number of hydrogen-bond acceptors (Lipinski definition) is 2.